The van der Waals surface area contributed by atoms with Crippen molar-refractivity contribution < 1.29 is 9.18 Å². The summed E-state index contributed by atoms with van der Waals surface area (Å²) in [6.45, 7) is 0. The molecule has 2 fully saturated rings. The van der Waals surface area contributed by atoms with E-state index in [9.17, 15) is 9.18 Å². The van der Waals surface area contributed by atoms with E-state index in [-0.39, 0.29) is 23.6 Å². The maximum absolute atomic E-state index is 13.9. The zero-order chi connectivity index (χ0) is 13.6. The normalized spacial score (nSPS) is 29.6. The van der Waals surface area contributed by atoms with Gasteiger partial charge in [-0.05, 0) is 53.7 Å². The summed E-state index contributed by atoms with van der Waals surface area (Å²) >= 11 is 6.94. The van der Waals surface area contributed by atoms with E-state index in [0.717, 1.165) is 25.7 Å². The number of hydrogen-bond donors (Lipinski definition) is 0. The molecular formula is C14H14Br2FNO. The number of carbonyl (C=O) groups is 1. The van der Waals surface area contributed by atoms with Crippen molar-refractivity contribution in [2.45, 2.75) is 42.6 Å². The van der Waals surface area contributed by atoms with E-state index in [1.165, 1.54) is 6.07 Å². The minimum atomic E-state index is -0.445. The van der Waals surface area contributed by atoms with Gasteiger partial charge in [0.2, 0.25) is 0 Å². The summed E-state index contributed by atoms with van der Waals surface area (Å²) in [4.78, 5) is 15.0. The highest BCUT2D eigenvalue weighted by atomic mass is 79.9. The van der Waals surface area contributed by atoms with Crippen LogP contribution in [-0.2, 0) is 0 Å². The molecule has 0 aliphatic carbocycles. The topological polar surface area (TPSA) is 20.3 Å². The van der Waals surface area contributed by atoms with Crippen molar-refractivity contribution >= 4 is 37.8 Å². The summed E-state index contributed by atoms with van der Waals surface area (Å²) in [5, 5.41) is 0. The fourth-order valence-electron chi connectivity index (χ4n) is 3.27. The predicted octanol–water partition coefficient (Wildman–Crippen LogP) is 4.12. The van der Waals surface area contributed by atoms with Crippen LogP contribution < -0.4 is 0 Å². The summed E-state index contributed by atoms with van der Waals surface area (Å²) in [6, 6.07) is 5.17. The Morgan fingerprint density at radius 3 is 2.47 bits per heavy atom. The van der Waals surface area contributed by atoms with E-state index >= 15 is 0 Å². The van der Waals surface area contributed by atoms with Gasteiger partial charge in [0.15, 0.2) is 0 Å². The SMILES string of the molecule is O=C(c1c(F)cccc1Br)N1C2CCC1CC(Br)C2. The molecular weight excluding hydrogens is 377 g/mol. The summed E-state index contributed by atoms with van der Waals surface area (Å²) < 4.78 is 14.5. The number of halogens is 3. The Labute approximate surface area is 128 Å². The molecule has 0 aromatic heterocycles. The van der Waals surface area contributed by atoms with Crippen molar-refractivity contribution in [2.24, 2.45) is 0 Å². The Morgan fingerprint density at radius 1 is 1.26 bits per heavy atom. The van der Waals surface area contributed by atoms with E-state index in [4.69, 9.17) is 0 Å². The van der Waals surface area contributed by atoms with Crippen molar-refractivity contribution in [3.05, 3.63) is 34.1 Å². The average molecular weight is 391 g/mol. The third-order valence-electron chi connectivity index (χ3n) is 4.09. The smallest absolute Gasteiger partial charge is 0.258 e. The molecule has 2 heterocycles. The molecule has 2 bridgehead atoms. The number of benzene rings is 1. The van der Waals surface area contributed by atoms with Gasteiger partial charge in [0, 0.05) is 21.4 Å². The lowest BCUT2D eigenvalue weighted by atomic mass is 10.0. The van der Waals surface area contributed by atoms with E-state index < -0.39 is 5.82 Å². The van der Waals surface area contributed by atoms with Crippen LogP contribution in [0.2, 0.25) is 0 Å². The highest BCUT2D eigenvalue weighted by Crippen LogP contribution is 2.40. The van der Waals surface area contributed by atoms with Crippen molar-refractivity contribution in [1.29, 1.82) is 0 Å². The molecule has 0 saturated carbocycles. The van der Waals surface area contributed by atoms with Crippen LogP contribution in [0.4, 0.5) is 4.39 Å². The Bertz CT molecular complexity index is 488. The minimum Gasteiger partial charge on any atom is -0.332 e. The van der Waals surface area contributed by atoms with Crippen LogP contribution in [-0.4, -0.2) is 27.7 Å². The molecule has 2 unspecified atom stereocenters. The predicted molar refractivity (Wildman–Crippen MR) is 79.0 cm³/mol. The molecule has 1 aromatic carbocycles. The van der Waals surface area contributed by atoms with E-state index in [1.807, 2.05) is 4.90 Å². The summed E-state index contributed by atoms with van der Waals surface area (Å²) in [7, 11) is 0. The standard InChI is InChI=1S/C14H14Br2FNO/c15-8-6-9-4-5-10(7-8)18(9)14(19)13-11(16)2-1-3-12(13)17/h1-3,8-10H,4-7H2. The molecule has 2 nitrogen and oxygen atoms in total. The van der Waals surface area contributed by atoms with Crippen molar-refractivity contribution in [3.63, 3.8) is 0 Å². The number of alkyl halides is 1. The molecule has 2 saturated heterocycles. The van der Waals surface area contributed by atoms with Crippen LogP contribution in [0.3, 0.4) is 0 Å². The molecule has 102 valence electrons. The maximum atomic E-state index is 13.9. The molecule has 0 radical (unpaired) electrons. The third kappa shape index (κ3) is 2.35. The molecule has 2 atom stereocenters. The minimum absolute atomic E-state index is 0.170. The van der Waals surface area contributed by atoms with Gasteiger partial charge in [-0.1, -0.05) is 22.0 Å². The summed E-state index contributed by atoms with van der Waals surface area (Å²) in [5.74, 6) is -0.614. The zero-order valence-corrected chi connectivity index (χ0v) is 13.5. The van der Waals surface area contributed by atoms with E-state index in [1.54, 1.807) is 12.1 Å². The van der Waals surface area contributed by atoms with Crippen LogP contribution in [0.5, 0.6) is 0 Å². The number of amides is 1. The van der Waals surface area contributed by atoms with Crippen LogP contribution in [0.1, 0.15) is 36.0 Å². The van der Waals surface area contributed by atoms with Crippen LogP contribution >= 0.6 is 31.9 Å². The quantitative estimate of drug-likeness (QED) is 0.660. The largest absolute Gasteiger partial charge is 0.332 e. The van der Waals surface area contributed by atoms with Crippen LogP contribution in [0.15, 0.2) is 22.7 Å². The Hall–Kier alpha value is -0.420. The zero-order valence-electron chi connectivity index (χ0n) is 10.3. The number of rotatable bonds is 1. The number of hydrogen-bond acceptors (Lipinski definition) is 1. The highest BCUT2D eigenvalue weighted by molar-refractivity contribution is 9.10. The first-order valence-electron chi connectivity index (χ1n) is 6.48. The molecule has 2 aliphatic rings. The summed E-state index contributed by atoms with van der Waals surface area (Å²) in [6.07, 6.45) is 4.00. The van der Waals surface area contributed by atoms with E-state index in [2.05, 4.69) is 31.9 Å². The van der Waals surface area contributed by atoms with Gasteiger partial charge >= 0.3 is 0 Å². The molecule has 1 aromatic rings. The van der Waals surface area contributed by atoms with Gasteiger partial charge < -0.3 is 4.90 Å². The lowest BCUT2D eigenvalue weighted by molar-refractivity contribution is 0.0597. The number of piperidine rings is 1. The Kier molecular flexibility index (Phi) is 3.69. The van der Waals surface area contributed by atoms with E-state index in [0.29, 0.717) is 9.30 Å². The first-order valence-corrected chi connectivity index (χ1v) is 8.19. The van der Waals surface area contributed by atoms with Crippen LogP contribution in [0, 0.1) is 5.82 Å². The molecule has 5 heteroatoms. The van der Waals surface area contributed by atoms with Crippen molar-refractivity contribution in [1.82, 2.24) is 4.90 Å². The number of carbonyl (C=O) groups excluding carboxylic acids is 1. The van der Waals surface area contributed by atoms with Gasteiger partial charge in [-0.15, -0.1) is 0 Å². The Balaban J connectivity index is 1.93. The van der Waals surface area contributed by atoms with Gasteiger partial charge in [-0.3, -0.25) is 4.79 Å². The van der Waals surface area contributed by atoms with Gasteiger partial charge in [0.1, 0.15) is 5.82 Å². The lowest BCUT2D eigenvalue weighted by Crippen LogP contribution is -2.47. The average Bonchev–Trinajstić information content (AvgIpc) is 2.61. The first-order chi connectivity index (χ1) is 9.08. The second-order valence-corrected chi connectivity index (χ2v) is 7.41. The monoisotopic (exact) mass is 389 g/mol. The molecule has 0 N–H and O–H groups in total. The van der Waals surface area contributed by atoms with Crippen molar-refractivity contribution in [2.75, 3.05) is 0 Å². The first kappa shape index (κ1) is 13.6. The van der Waals surface area contributed by atoms with Gasteiger partial charge in [-0.2, -0.15) is 0 Å². The molecule has 0 spiro atoms. The molecule has 3 rings (SSSR count). The maximum Gasteiger partial charge on any atom is 0.258 e. The van der Waals surface area contributed by atoms with Gasteiger partial charge in [0.25, 0.3) is 5.91 Å². The summed E-state index contributed by atoms with van der Waals surface area (Å²) in [5.41, 5.74) is 0.174. The second-order valence-electron chi connectivity index (χ2n) is 5.26. The Morgan fingerprint density at radius 2 is 1.89 bits per heavy atom. The fraction of sp³-hybridized carbons (Fsp3) is 0.500. The molecule has 1 amide bonds. The molecule has 2 aliphatic heterocycles. The lowest BCUT2D eigenvalue weighted by Gasteiger charge is -2.37. The highest BCUT2D eigenvalue weighted by Gasteiger charge is 2.43. The third-order valence-corrected chi connectivity index (χ3v) is 5.50. The van der Waals surface area contributed by atoms with Crippen LogP contribution in [0.25, 0.3) is 0 Å². The van der Waals surface area contributed by atoms with Crippen molar-refractivity contribution in [3.8, 4) is 0 Å². The second kappa shape index (κ2) is 5.17. The molecule has 19 heavy (non-hydrogen) atoms. The van der Waals surface area contributed by atoms with Gasteiger partial charge in [0.05, 0.1) is 5.56 Å². The fourth-order valence-corrected chi connectivity index (χ4v) is 4.65. The number of fused-ring (bicyclic) bond motifs is 2. The van der Waals surface area contributed by atoms with Gasteiger partial charge in [-0.25, -0.2) is 4.39 Å². The number of nitrogens with zero attached hydrogens (tertiary/aromatic N) is 1.